The molecule has 0 bridgehead atoms. The monoisotopic (exact) mass is 518 g/mol. The van der Waals surface area contributed by atoms with Crippen LogP contribution in [0.2, 0.25) is 39.3 Å². The predicted molar refractivity (Wildman–Crippen MR) is 104 cm³/mol. The molecule has 0 N–H and O–H groups in total. The van der Waals surface area contributed by atoms with Crippen LogP contribution in [0.4, 0.5) is 26.3 Å². The van der Waals surface area contributed by atoms with Crippen LogP contribution in [0.25, 0.3) is 0 Å². The van der Waals surface area contributed by atoms with Crippen molar-refractivity contribution in [2.45, 2.75) is 50.3 Å². The van der Waals surface area contributed by atoms with E-state index in [1.54, 1.807) is 19.6 Å². The van der Waals surface area contributed by atoms with Gasteiger partial charge < -0.3 is 8.37 Å². The molecule has 0 fully saturated rings. The van der Waals surface area contributed by atoms with Crippen LogP contribution in [0.3, 0.4) is 0 Å². The minimum absolute atomic E-state index is 0.0458. The highest BCUT2D eigenvalue weighted by Gasteiger charge is 2.51. The van der Waals surface area contributed by atoms with E-state index < -0.39 is 64.1 Å². The normalized spacial score (nSPS) is 14.5. The number of rotatable bonds is 6. The molecule has 174 valence electrons. The summed E-state index contributed by atoms with van der Waals surface area (Å²) in [7, 11) is -18.0. The molecule has 6 nitrogen and oxygen atoms in total. The van der Waals surface area contributed by atoms with Crippen molar-refractivity contribution in [2.24, 2.45) is 0 Å². The third-order valence-corrected chi connectivity index (χ3v) is 9.54. The standard InChI is InChI=1S/C14H20F6O6S2Si2/c1-29(2,3)10-8-7-9(25-27(21,22)13(15,16)17)12(30(4,5)6)11(10)26-28(23,24)14(18,19)20/h7-8H,1-6H3. The summed E-state index contributed by atoms with van der Waals surface area (Å²) in [6, 6.07) is 1.90. The minimum atomic E-state index is -6.19. The second-order valence-corrected chi connectivity index (χ2v) is 21.4. The number of halogens is 6. The molecule has 0 aromatic heterocycles. The molecule has 0 aliphatic rings. The molecule has 0 aliphatic heterocycles. The highest BCUT2D eigenvalue weighted by Crippen LogP contribution is 2.32. The summed E-state index contributed by atoms with van der Waals surface area (Å²) in [4.78, 5) is 0. The first-order chi connectivity index (χ1) is 12.9. The Bertz CT molecular complexity index is 1020. The lowest BCUT2D eigenvalue weighted by Crippen LogP contribution is -2.49. The first-order valence-electron chi connectivity index (χ1n) is 8.11. The second-order valence-electron chi connectivity index (χ2n) is 8.28. The second kappa shape index (κ2) is 7.70. The molecule has 0 atom stereocenters. The first-order valence-corrected chi connectivity index (χ1v) is 17.9. The van der Waals surface area contributed by atoms with E-state index in [9.17, 15) is 43.2 Å². The Kier molecular flexibility index (Phi) is 6.87. The van der Waals surface area contributed by atoms with Crippen molar-refractivity contribution in [3.63, 3.8) is 0 Å². The van der Waals surface area contributed by atoms with Gasteiger partial charge in [-0.2, -0.15) is 43.2 Å². The zero-order chi connectivity index (χ0) is 24.1. The van der Waals surface area contributed by atoms with E-state index in [2.05, 4.69) is 8.37 Å². The van der Waals surface area contributed by atoms with E-state index in [1.165, 1.54) is 19.6 Å². The van der Waals surface area contributed by atoms with Gasteiger partial charge in [0.2, 0.25) is 0 Å². The van der Waals surface area contributed by atoms with Crippen LogP contribution < -0.4 is 18.7 Å². The molecule has 1 aromatic carbocycles. The average Bonchev–Trinajstić information content (AvgIpc) is 2.40. The summed E-state index contributed by atoms with van der Waals surface area (Å²) in [6.07, 6.45) is 0. The fourth-order valence-electron chi connectivity index (χ4n) is 2.34. The SMILES string of the molecule is C[Si](C)(C)c1ccc(OS(=O)(=O)C(F)(F)F)c([Si](C)(C)C)c1OS(=O)(=O)C(F)(F)F. The summed E-state index contributed by atoms with van der Waals surface area (Å²) < 4.78 is 132. The van der Waals surface area contributed by atoms with Crippen LogP contribution in [0, 0.1) is 0 Å². The van der Waals surface area contributed by atoms with E-state index in [0.717, 1.165) is 12.1 Å². The van der Waals surface area contributed by atoms with Gasteiger partial charge in [-0.15, -0.1) is 0 Å². The smallest absolute Gasteiger partial charge is 0.376 e. The van der Waals surface area contributed by atoms with Crippen molar-refractivity contribution in [1.29, 1.82) is 0 Å². The van der Waals surface area contributed by atoms with Crippen LogP contribution in [-0.2, 0) is 20.2 Å². The van der Waals surface area contributed by atoms with Crippen LogP contribution in [-0.4, -0.2) is 44.0 Å². The Hall–Kier alpha value is -1.27. The van der Waals surface area contributed by atoms with E-state index in [1.807, 2.05) is 0 Å². The largest absolute Gasteiger partial charge is 0.534 e. The Morgan fingerprint density at radius 2 is 1.10 bits per heavy atom. The Morgan fingerprint density at radius 1 is 0.700 bits per heavy atom. The van der Waals surface area contributed by atoms with Crippen LogP contribution in [0.15, 0.2) is 12.1 Å². The van der Waals surface area contributed by atoms with E-state index in [4.69, 9.17) is 0 Å². The zero-order valence-electron chi connectivity index (χ0n) is 16.7. The summed E-state index contributed by atoms with van der Waals surface area (Å²) in [5.74, 6) is -1.76. The van der Waals surface area contributed by atoms with E-state index >= 15 is 0 Å². The molecule has 0 saturated heterocycles. The molecule has 0 unspecified atom stereocenters. The van der Waals surface area contributed by atoms with Gasteiger partial charge in [-0.3, -0.25) is 0 Å². The van der Waals surface area contributed by atoms with Gasteiger partial charge in [0.05, 0.1) is 16.1 Å². The predicted octanol–water partition coefficient (Wildman–Crippen LogP) is 3.23. The highest BCUT2D eigenvalue weighted by molar-refractivity contribution is 7.88. The Balaban J connectivity index is 3.99. The van der Waals surface area contributed by atoms with Crippen molar-refractivity contribution in [2.75, 3.05) is 0 Å². The van der Waals surface area contributed by atoms with Gasteiger partial charge in [-0.05, 0) is 11.3 Å². The van der Waals surface area contributed by atoms with Gasteiger partial charge >= 0.3 is 31.3 Å². The molecule has 0 amide bonds. The van der Waals surface area contributed by atoms with Crippen LogP contribution >= 0.6 is 0 Å². The molecule has 0 heterocycles. The van der Waals surface area contributed by atoms with Gasteiger partial charge in [-0.1, -0.05) is 45.3 Å². The number of alkyl halides is 6. The number of benzene rings is 1. The lowest BCUT2D eigenvalue weighted by Gasteiger charge is -2.29. The highest BCUT2D eigenvalue weighted by atomic mass is 32.2. The van der Waals surface area contributed by atoms with Gasteiger partial charge in [0.15, 0.2) is 0 Å². The van der Waals surface area contributed by atoms with Crippen LogP contribution in [0.5, 0.6) is 11.5 Å². The van der Waals surface area contributed by atoms with Gasteiger partial charge in [-0.25, -0.2) is 0 Å². The molecule has 1 aromatic rings. The van der Waals surface area contributed by atoms with Gasteiger partial charge in [0.25, 0.3) is 0 Å². The fourth-order valence-corrected chi connectivity index (χ4v) is 6.83. The van der Waals surface area contributed by atoms with Crippen molar-refractivity contribution in [3.8, 4) is 11.5 Å². The molecule has 16 heteroatoms. The molecule has 0 spiro atoms. The first kappa shape index (κ1) is 26.8. The maximum absolute atomic E-state index is 12.9. The molecule has 30 heavy (non-hydrogen) atoms. The number of hydrogen-bond donors (Lipinski definition) is 0. The summed E-state index contributed by atoms with van der Waals surface area (Å²) in [6.45, 7) is 9.27. The van der Waals surface area contributed by atoms with Gasteiger partial charge in [0, 0.05) is 5.19 Å². The number of hydrogen-bond acceptors (Lipinski definition) is 6. The molecule has 0 saturated carbocycles. The average molecular weight is 519 g/mol. The summed E-state index contributed by atoms with van der Waals surface area (Å²) in [5, 5.41) is -0.382. The minimum Gasteiger partial charge on any atom is -0.376 e. The molecular formula is C14H20F6O6S2Si2. The lowest BCUT2D eigenvalue weighted by atomic mass is 10.3. The molecule has 0 radical (unpaired) electrons. The zero-order valence-corrected chi connectivity index (χ0v) is 20.3. The fraction of sp³-hybridized carbons (Fsp3) is 0.571. The maximum atomic E-state index is 12.9. The Labute approximate surface area is 172 Å². The lowest BCUT2D eigenvalue weighted by molar-refractivity contribution is -0.0502. The van der Waals surface area contributed by atoms with E-state index in [-0.39, 0.29) is 5.19 Å². The van der Waals surface area contributed by atoms with Crippen molar-refractivity contribution in [1.82, 2.24) is 0 Å². The maximum Gasteiger partial charge on any atom is 0.534 e. The van der Waals surface area contributed by atoms with Crippen molar-refractivity contribution >= 4 is 46.8 Å². The summed E-state index contributed by atoms with van der Waals surface area (Å²) >= 11 is 0. The third kappa shape index (κ3) is 5.70. The van der Waals surface area contributed by atoms with Crippen molar-refractivity contribution < 1.29 is 51.5 Å². The van der Waals surface area contributed by atoms with Crippen LogP contribution in [0.1, 0.15) is 0 Å². The topological polar surface area (TPSA) is 86.7 Å². The van der Waals surface area contributed by atoms with Gasteiger partial charge in [0.1, 0.15) is 11.5 Å². The Morgan fingerprint density at radius 3 is 1.43 bits per heavy atom. The molecule has 0 aliphatic carbocycles. The van der Waals surface area contributed by atoms with E-state index in [0.29, 0.717) is 0 Å². The molecular weight excluding hydrogens is 498 g/mol. The van der Waals surface area contributed by atoms with Crippen molar-refractivity contribution in [3.05, 3.63) is 12.1 Å². The third-order valence-electron chi connectivity index (χ3n) is 3.64. The molecule has 1 rings (SSSR count). The quantitative estimate of drug-likeness (QED) is 0.249. The summed E-state index contributed by atoms with van der Waals surface area (Å²) in [5.41, 5.74) is -11.6.